The van der Waals surface area contributed by atoms with Crippen molar-refractivity contribution in [1.82, 2.24) is 10.2 Å². The van der Waals surface area contributed by atoms with Crippen LogP contribution >= 0.6 is 24.0 Å². The smallest absolute Gasteiger partial charge is 0.193 e. The maximum atomic E-state index is 5.91. The van der Waals surface area contributed by atoms with Gasteiger partial charge >= 0.3 is 0 Å². The van der Waals surface area contributed by atoms with Gasteiger partial charge in [-0.05, 0) is 32.1 Å². The number of hydrogen-bond donors (Lipinski definition) is 1. The van der Waals surface area contributed by atoms with Crippen LogP contribution in [-0.4, -0.2) is 77.2 Å². The minimum Gasteiger partial charge on any atom is -0.385 e. The number of methoxy groups -OCH3 is 1. The van der Waals surface area contributed by atoms with Crippen LogP contribution in [0.4, 0.5) is 0 Å². The summed E-state index contributed by atoms with van der Waals surface area (Å²) in [4.78, 5) is 6.73. The maximum Gasteiger partial charge on any atom is 0.193 e. The molecule has 0 aromatic rings. The van der Waals surface area contributed by atoms with Crippen molar-refractivity contribution >= 4 is 29.9 Å². The summed E-state index contributed by atoms with van der Waals surface area (Å²) in [6.45, 7) is 8.36. The van der Waals surface area contributed by atoms with Crippen molar-refractivity contribution in [2.45, 2.75) is 51.6 Å². The van der Waals surface area contributed by atoms with Crippen LogP contribution in [0.1, 0.15) is 45.4 Å². The van der Waals surface area contributed by atoms with Gasteiger partial charge in [0.2, 0.25) is 0 Å². The predicted octanol–water partition coefficient (Wildman–Crippen LogP) is 2.90. The average molecular weight is 471 g/mol. The monoisotopic (exact) mass is 471 g/mol. The zero-order chi connectivity index (χ0) is 17.5. The number of hydrogen-bond acceptors (Lipinski definition) is 4. The van der Waals surface area contributed by atoms with Gasteiger partial charge in [-0.2, -0.15) is 0 Å². The number of nitrogens with one attached hydrogen (secondary N) is 1. The lowest BCUT2D eigenvalue weighted by Gasteiger charge is -2.34. The normalized spacial score (nSPS) is 16.0. The zero-order valence-electron chi connectivity index (χ0n) is 16.3. The molecular formula is C18H38IN3O3. The van der Waals surface area contributed by atoms with Crippen LogP contribution in [0, 0.1) is 0 Å². The third-order valence-electron chi connectivity index (χ3n) is 4.19. The van der Waals surface area contributed by atoms with E-state index in [1.807, 2.05) is 7.05 Å². The standard InChI is InChI=1S/C18H37N3O3.HI/c1-4-5-14-23-15-6-10-20-18(19-2)21-11-8-17(9-12-21)24-16-7-13-22-3;/h17H,4-16H2,1-3H3,(H,19,20);1H. The molecule has 1 saturated heterocycles. The summed E-state index contributed by atoms with van der Waals surface area (Å²) in [5.74, 6) is 1.00. The molecule has 0 aromatic carbocycles. The van der Waals surface area contributed by atoms with Gasteiger partial charge in [-0.3, -0.25) is 4.99 Å². The first-order chi connectivity index (χ1) is 11.8. The van der Waals surface area contributed by atoms with E-state index in [9.17, 15) is 0 Å². The number of ether oxygens (including phenoxy) is 3. The van der Waals surface area contributed by atoms with E-state index in [0.29, 0.717) is 6.10 Å². The second-order valence-electron chi connectivity index (χ2n) is 6.20. The lowest BCUT2D eigenvalue weighted by atomic mass is 10.1. The van der Waals surface area contributed by atoms with Crippen molar-refractivity contribution in [1.29, 1.82) is 0 Å². The zero-order valence-corrected chi connectivity index (χ0v) is 18.6. The van der Waals surface area contributed by atoms with Crippen LogP contribution in [-0.2, 0) is 14.2 Å². The molecule has 0 aliphatic carbocycles. The van der Waals surface area contributed by atoms with Gasteiger partial charge < -0.3 is 24.4 Å². The van der Waals surface area contributed by atoms with E-state index >= 15 is 0 Å². The summed E-state index contributed by atoms with van der Waals surface area (Å²) in [5, 5.41) is 3.44. The highest BCUT2D eigenvalue weighted by molar-refractivity contribution is 14.0. The molecular weight excluding hydrogens is 433 g/mol. The molecule has 0 atom stereocenters. The fourth-order valence-corrected chi connectivity index (χ4v) is 2.74. The molecule has 0 spiro atoms. The molecule has 7 heteroatoms. The van der Waals surface area contributed by atoms with Crippen LogP contribution in [0.25, 0.3) is 0 Å². The summed E-state index contributed by atoms with van der Waals surface area (Å²) < 4.78 is 16.5. The Labute approximate surface area is 171 Å². The Morgan fingerprint density at radius 3 is 2.44 bits per heavy atom. The first-order valence-corrected chi connectivity index (χ1v) is 9.45. The van der Waals surface area contributed by atoms with Crippen molar-refractivity contribution in [3.05, 3.63) is 0 Å². The summed E-state index contributed by atoms with van der Waals surface area (Å²) in [5.41, 5.74) is 0. The van der Waals surface area contributed by atoms with E-state index in [4.69, 9.17) is 14.2 Å². The highest BCUT2D eigenvalue weighted by Crippen LogP contribution is 2.14. The Morgan fingerprint density at radius 2 is 1.80 bits per heavy atom. The molecule has 1 aliphatic rings. The molecule has 0 amide bonds. The van der Waals surface area contributed by atoms with Crippen molar-refractivity contribution in [2.75, 3.05) is 60.2 Å². The van der Waals surface area contributed by atoms with Crippen molar-refractivity contribution in [3.63, 3.8) is 0 Å². The molecule has 1 aliphatic heterocycles. The van der Waals surface area contributed by atoms with Crippen LogP contribution in [0.2, 0.25) is 0 Å². The molecule has 0 bridgehead atoms. The van der Waals surface area contributed by atoms with Crippen LogP contribution in [0.3, 0.4) is 0 Å². The molecule has 0 saturated carbocycles. The van der Waals surface area contributed by atoms with E-state index in [1.54, 1.807) is 7.11 Å². The lowest BCUT2D eigenvalue weighted by molar-refractivity contribution is 0.00990. The Bertz CT molecular complexity index is 325. The average Bonchev–Trinajstić information content (AvgIpc) is 2.62. The quantitative estimate of drug-likeness (QED) is 0.205. The molecule has 25 heavy (non-hydrogen) atoms. The van der Waals surface area contributed by atoms with Gasteiger partial charge in [0, 0.05) is 60.2 Å². The Balaban J connectivity index is 0.00000576. The minimum absolute atomic E-state index is 0. The molecule has 1 rings (SSSR count). The van der Waals surface area contributed by atoms with Crippen LogP contribution < -0.4 is 5.32 Å². The summed E-state index contributed by atoms with van der Waals surface area (Å²) in [7, 11) is 3.59. The van der Waals surface area contributed by atoms with E-state index in [0.717, 1.165) is 84.1 Å². The van der Waals surface area contributed by atoms with Crippen molar-refractivity contribution < 1.29 is 14.2 Å². The Kier molecular flexibility index (Phi) is 17.2. The number of likely N-dealkylation sites (tertiary alicyclic amines) is 1. The van der Waals surface area contributed by atoms with Gasteiger partial charge in [0.25, 0.3) is 0 Å². The number of unbranched alkanes of at least 4 members (excludes halogenated alkanes) is 1. The van der Waals surface area contributed by atoms with Crippen LogP contribution in [0.15, 0.2) is 4.99 Å². The molecule has 150 valence electrons. The van der Waals surface area contributed by atoms with Gasteiger partial charge in [-0.25, -0.2) is 0 Å². The van der Waals surface area contributed by atoms with E-state index in [-0.39, 0.29) is 24.0 Å². The topological polar surface area (TPSA) is 55.3 Å². The van der Waals surface area contributed by atoms with Gasteiger partial charge in [-0.15, -0.1) is 24.0 Å². The van der Waals surface area contributed by atoms with E-state index < -0.39 is 0 Å². The van der Waals surface area contributed by atoms with Crippen molar-refractivity contribution in [3.8, 4) is 0 Å². The molecule has 0 aromatic heterocycles. The molecule has 0 unspecified atom stereocenters. The van der Waals surface area contributed by atoms with Gasteiger partial charge in [0.05, 0.1) is 6.10 Å². The Morgan fingerprint density at radius 1 is 1.08 bits per heavy atom. The number of halogens is 1. The molecule has 6 nitrogen and oxygen atoms in total. The van der Waals surface area contributed by atoms with Crippen LogP contribution in [0.5, 0.6) is 0 Å². The molecule has 1 heterocycles. The SMILES string of the molecule is CCCCOCCCNC(=NC)N1CCC(OCCCOC)CC1.I. The first kappa shape index (κ1) is 24.9. The second kappa shape index (κ2) is 17.3. The summed E-state index contributed by atoms with van der Waals surface area (Å²) in [6.07, 6.45) is 6.83. The second-order valence-corrected chi connectivity index (χ2v) is 6.20. The first-order valence-electron chi connectivity index (χ1n) is 9.45. The third-order valence-corrected chi connectivity index (χ3v) is 4.19. The number of piperidine rings is 1. The third kappa shape index (κ3) is 12.0. The largest absolute Gasteiger partial charge is 0.385 e. The van der Waals surface area contributed by atoms with E-state index in [2.05, 4.69) is 22.1 Å². The maximum absolute atomic E-state index is 5.91. The van der Waals surface area contributed by atoms with Gasteiger partial charge in [-0.1, -0.05) is 13.3 Å². The number of nitrogens with zero attached hydrogens (tertiary/aromatic N) is 2. The minimum atomic E-state index is 0. The molecule has 1 N–H and O–H groups in total. The molecule has 0 radical (unpaired) electrons. The van der Waals surface area contributed by atoms with E-state index in [1.165, 1.54) is 6.42 Å². The van der Waals surface area contributed by atoms with Gasteiger partial charge in [0.15, 0.2) is 5.96 Å². The fraction of sp³-hybridized carbons (Fsp3) is 0.944. The Hall–Kier alpha value is -0.120. The van der Waals surface area contributed by atoms with Gasteiger partial charge in [0.1, 0.15) is 0 Å². The number of guanidine groups is 1. The fourth-order valence-electron chi connectivity index (χ4n) is 2.74. The lowest BCUT2D eigenvalue weighted by Crippen LogP contribution is -2.47. The number of aliphatic imine (C=N–C) groups is 1. The number of rotatable bonds is 12. The van der Waals surface area contributed by atoms with Crippen molar-refractivity contribution in [2.24, 2.45) is 4.99 Å². The highest BCUT2D eigenvalue weighted by Gasteiger charge is 2.21. The summed E-state index contributed by atoms with van der Waals surface area (Å²) in [6, 6.07) is 0. The molecule has 1 fully saturated rings. The predicted molar refractivity (Wildman–Crippen MR) is 114 cm³/mol. The highest BCUT2D eigenvalue weighted by atomic mass is 127. The summed E-state index contributed by atoms with van der Waals surface area (Å²) >= 11 is 0.